The molecule has 27 heavy (non-hydrogen) atoms. The molecule has 0 amide bonds. The summed E-state index contributed by atoms with van der Waals surface area (Å²) in [6.07, 6.45) is 0. The highest BCUT2D eigenvalue weighted by Crippen LogP contribution is 2.36. The number of rotatable bonds is 8. The molecule has 1 N–H and O–H groups in total. The standard InChI is InChI=1S/C19H33NO5SSi/c1-14-9-11-16(12-10-14)26(22,23)20-17(15(2)18(21)24-6)13-25-27(7,8)19(3,4)5/h9-12,15,17,20H,13H2,1-8H3/t15-,17-/m0/s1. The Morgan fingerprint density at radius 1 is 1.19 bits per heavy atom. The van der Waals surface area contributed by atoms with E-state index in [4.69, 9.17) is 9.16 Å². The van der Waals surface area contributed by atoms with Gasteiger partial charge in [0, 0.05) is 0 Å². The van der Waals surface area contributed by atoms with Crippen LogP contribution in [-0.2, 0) is 24.0 Å². The number of methoxy groups -OCH3 is 1. The molecular formula is C19H33NO5SSi. The van der Waals surface area contributed by atoms with Crippen LogP contribution in [0.1, 0.15) is 33.3 Å². The molecule has 0 unspecified atom stereocenters. The third kappa shape index (κ3) is 6.41. The zero-order valence-electron chi connectivity index (χ0n) is 17.6. The fourth-order valence-corrected chi connectivity index (χ4v) is 4.46. The molecule has 0 aromatic heterocycles. The first-order valence-corrected chi connectivity index (χ1v) is 13.4. The minimum atomic E-state index is -3.79. The fourth-order valence-electron chi connectivity index (χ4n) is 2.13. The van der Waals surface area contributed by atoms with E-state index in [2.05, 4.69) is 38.6 Å². The van der Waals surface area contributed by atoms with E-state index in [9.17, 15) is 13.2 Å². The van der Waals surface area contributed by atoms with Crippen LogP contribution in [0.5, 0.6) is 0 Å². The van der Waals surface area contributed by atoms with Gasteiger partial charge in [-0.25, -0.2) is 13.1 Å². The number of benzene rings is 1. The van der Waals surface area contributed by atoms with Gasteiger partial charge in [-0.15, -0.1) is 0 Å². The Balaban J connectivity index is 3.08. The molecule has 8 heteroatoms. The average Bonchev–Trinajstić information content (AvgIpc) is 2.56. The van der Waals surface area contributed by atoms with E-state index in [0.717, 1.165) is 5.56 Å². The number of nitrogens with one attached hydrogen (secondary N) is 1. The number of esters is 1. The van der Waals surface area contributed by atoms with Crippen molar-refractivity contribution in [3.8, 4) is 0 Å². The third-order valence-corrected chi connectivity index (χ3v) is 11.3. The number of hydrogen-bond donors (Lipinski definition) is 1. The Hall–Kier alpha value is -1.22. The van der Waals surface area contributed by atoms with E-state index in [1.165, 1.54) is 7.11 Å². The van der Waals surface area contributed by atoms with Gasteiger partial charge in [0.2, 0.25) is 10.0 Å². The van der Waals surface area contributed by atoms with Gasteiger partial charge in [0.15, 0.2) is 8.32 Å². The molecule has 1 aromatic rings. The Morgan fingerprint density at radius 3 is 2.15 bits per heavy atom. The van der Waals surface area contributed by atoms with Gasteiger partial charge in [-0.3, -0.25) is 4.79 Å². The summed E-state index contributed by atoms with van der Waals surface area (Å²) in [5.41, 5.74) is 0.967. The summed E-state index contributed by atoms with van der Waals surface area (Å²) in [5.74, 6) is -1.16. The lowest BCUT2D eigenvalue weighted by Crippen LogP contribution is -2.50. The number of ether oxygens (including phenoxy) is 1. The minimum absolute atomic E-state index is 0.0259. The van der Waals surface area contributed by atoms with Gasteiger partial charge in [0.25, 0.3) is 0 Å². The summed E-state index contributed by atoms with van der Waals surface area (Å²) < 4.78 is 39.2. The van der Waals surface area contributed by atoms with Gasteiger partial charge in [-0.1, -0.05) is 45.4 Å². The molecule has 0 spiro atoms. The summed E-state index contributed by atoms with van der Waals surface area (Å²) in [7, 11) is -4.61. The molecule has 6 nitrogen and oxygen atoms in total. The molecule has 0 heterocycles. The summed E-state index contributed by atoms with van der Waals surface area (Å²) in [4.78, 5) is 12.2. The van der Waals surface area contributed by atoms with E-state index in [0.29, 0.717) is 0 Å². The molecule has 0 aliphatic carbocycles. The number of aryl methyl sites for hydroxylation is 1. The van der Waals surface area contributed by atoms with Crippen LogP contribution < -0.4 is 4.72 Å². The number of sulfonamides is 1. The Labute approximate surface area is 164 Å². The first-order valence-electron chi connectivity index (χ1n) is 9.02. The van der Waals surface area contributed by atoms with E-state index in [1.54, 1.807) is 31.2 Å². The molecule has 0 bridgehead atoms. The monoisotopic (exact) mass is 415 g/mol. The molecule has 0 radical (unpaired) electrons. The van der Waals surface area contributed by atoms with E-state index < -0.39 is 36.3 Å². The van der Waals surface area contributed by atoms with Gasteiger partial charge in [-0.05, 0) is 37.2 Å². The Morgan fingerprint density at radius 2 is 1.70 bits per heavy atom. The highest BCUT2D eigenvalue weighted by Gasteiger charge is 2.39. The topological polar surface area (TPSA) is 81.7 Å². The third-order valence-electron chi connectivity index (χ3n) is 5.24. The number of hydrogen-bond acceptors (Lipinski definition) is 5. The number of carbonyl (C=O) groups is 1. The van der Waals surface area contributed by atoms with Gasteiger partial charge in [0.05, 0.1) is 30.6 Å². The molecule has 1 rings (SSSR count). The van der Waals surface area contributed by atoms with Crippen LogP contribution in [0.4, 0.5) is 0 Å². The Bertz CT molecular complexity index is 738. The fraction of sp³-hybridized carbons (Fsp3) is 0.632. The van der Waals surface area contributed by atoms with E-state index in [-0.39, 0.29) is 16.5 Å². The molecule has 0 aliphatic rings. The lowest BCUT2D eigenvalue weighted by atomic mass is 10.0. The first-order chi connectivity index (χ1) is 12.2. The second-order valence-corrected chi connectivity index (χ2v) is 14.9. The van der Waals surface area contributed by atoms with Crippen molar-refractivity contribution in [2.45, 2.75) is 63.7 Å². The zero-order valence-corrected chi connectivity index (χ0v) is 19.4. The summed E-state index contributed by atoms with van der Waals surface area (Å²) in [6, 6.07) is 5.84. The molecule has 1 aromatic carbocycles. The van der Waals surface area contributed by atoms with Crippen molar-refractivity contribution in [1.29, 1.82) is 0 Å². The Kier molecular flexibility index (Phi) is 7.81. The molecule has 0 aliphatic heterocycles. The van der Waals surface area contributed by atoms with Crippen LogP contribution in [0.2, 0.25) is 18.1 Å². The van der Waals surface area contributed by atoms with Gasteiger partial charge >= 0.3 is 5.97 Å². The van der Waals surface area contributed by atoms with E-state index in [1.807, 2.05) is 6.92 Å². The van der Waals surface area contributed by atoms with Crippen molar-refractivity contribution in [1.82, 2.24) is 4.72 Å². The molecule has 2 atom stereocenters. The maximum atomic E-state index is 12.8. The molecule has 154 valence electrons. The average molecular weight is 416 g/mol. The van der Waals surface area contributed by atoms with Crippen LogP contribution in [-0.4, -0.2) is 42.5 Å². The van der Waals surface area contributed by atoms with E-state index >= 15 is 0 Å². The van der Waals surface area contributed by atoms with Gasteiger partial charge in [-0.2, -0.15) is 0 Å². The molecule has 0 fully saturated rings. The SMILES string of the molecule is COC(=O)[C@@H](C)[C@H](CO[Si](C)(C)C(C)(C)C)NS(=O)(=O)c1ccc(C)cc1. The second kappa shape index (κ2) is 8.85. The maximum absolute atomic E-state index is 12.8. The highest BCUT2D eigenvalue weighted by molar-refractivity contribution is 7.89. The lowest BCUT2D eigenvalue weighted by molar-refractivity contribution is -0.145. The predicted molar refractivity (Wildman–Crippen MR) is 110 cm³/mol. The first kappa shape index (κ1) is 23.8. The summed E-state index contributed by atoms with van der Waals surface area (Å²) in [6.45, 7) is 14.1. The quantitative estimate of drug-likeness (QED) is 0.519. The van der Waals surface area contributed by atoms with Crippen molar-refractivity contribution >= 4 is 24.3 Å². The van der Waals surface area contributed by atoms with Crippen LogP contribution in [0, 0.1) is 12.8 Å². The van der Waals surface area contributed by atoms with Crippen LogP contribution in [0.15, 0.2) is 29.2 Å². The lowest BCUT2D eigenvalue weighted by Gasteiger charge is -2.37. The van der Waals surface area contributed by atoms with Gasteiger partial charge in [0.1, 0.15) is 0 Å². The predicted octanol–water partition coefficient (Wildman–Crippen LogP) is 3.47. The zero-order chi connectivity index (χ0) is 21.0. The van der Waals surface area contributed by atoms with Crippen LogP contribution >= 0.6 is 0 Å². The molecular weight excluding hydrogens is 382 g/mol. The molecule has 0 saturated heterocycles. The largest absolute Gasteiger partial charge is 0.469 e. The normalized spacial score (nSPS) is 15.3. The van der Waals surface area contributed by atoms with Crippen molar-refractivity contribution in [3.05, 3.63) is 29.8 Å². The highest BCUT2D eigenvalue weighted by atomic mass is 32.2. The van der Waals surface area contributed by atoms with Crippen molar-refractivity contribution in [3.63, 3.8) is 0 Å². The van der Waals surface area contributed by atoms with Crippen molar-refractivity contribution in [2.24, 2.45) is 5.92 Å². The van der Waals surface area contributed by atoms with Crippen molar-refractivity contribution < 1.29 is 22.4 Å². The minimum Gasteiger partial charge on any atom is -0.469 e. The van der Waals surface area contributed by atoms with Gasteiger partial charge < -0.3 is 9.16 Å². The smallest absolute Gasteiger partial charge is 0.310 e. The van der Waals surface area contributed by atoms with Crippen LogP contribution in [0.25, 0.3) is 0 Å². The van der Waals surface area contributed by atoms with Crippen molar-refractivity contribution in [2.75, 3.05) is 13.7 Å². The molecule has 0 saturated carbocycles. The summed E-state index contributed by atoms with van der Waals surface area (Å²) >= 11 is 0. The maximum Gasteiger partial charge on any atom is 0.310 e. The second-order valence-electron chi connectivity index (χ2n) is 8.42. The van der Waals surface area contributed by atoms with Crippen LogP contribution in [0.3, 0.4) is 0 Å². The number of carbonyl (C=O) groups excluding carboxylic acids is 1. The summed E-state index contributed by atoms with van der Waals surface area (Å²) in [5, 5.41) is -0.0259.